The van der Waals surface area contributed by atoms with Crippen LogP contribution in [-0.4, -0.2) is 42.5 Å². The van der Waals surface area contributed by atoms with E-state index in [0.29, 0.717) is 6.04 Å². The fourth-order valence-corrected chi connectivity index (χ4v) is 3.31. The first kappa shape index (κ1) is 15.4. The van der Waals surface area contributed by atoms with E-state index in [4.69, 9.17) is 11.6 Å². The molecular formula is C17H19ClN6. The number of hydrogen-bond donors (Lipinski definition) is 0. The lowest BCUT2D eigenvalue weighted by atomic mass is 10.1. The van der Waals surface area contributed by atoms with Crippen LogP contribution >= 0.6 is 11.6 Å². The van der Waals surface area contributed by atoms with E-state index in [1.54, 1.807) is 6.33 Å². The van der Waals surface area contributed by atoms with Crippen molar-refractivity contribution in [3.63, 3.8) is 0 Å². The van der Waals surface area contributed by atoms with Gasteiger partial charge >= 0.3 is 0 Å². The van der Waals surface area contributed by atoms with Crippen LogP contribution in [-0.2, 0) is 6.54 Å². The first-order valence-electron chi connectivity index (χ1n) is 8.14. The summed E-state index contributed by atoms with van der Waals surface area (Å²) in [6.07, 6.45) is 9.67. The number of likely N-dealkylation sites (tertiary alicyclic amines) is 1. The van der Waals surface area contributed by atoms with Crippen LogP contribution < -0.4 is 0 Å². The summed E-state index contributed by atoms with van der Waals surface area (Å²) in [4.78, 5) is 6.51. The topological polar surface area (TPSA) is 51.8 Å². The van der Waals surface area contributed by atoms with Gasteiger partial charge in [-0.05, 0) is 37.1 Å². The smallest absolute Gasteiger partial charge is 0.137 e. The van der Waals surface area contributed by atoms with Crippen molar-refractivity contribution in [2.75, 3.05) is 13.1 Å². The van der Waals surface area contributed by atoms with E-state index in [1.807, 2.05) is 46.2 Å². The highest BCUT2D eigenvalue weighted by Gasteiger charge is 2.21. The second kappa shape index (κ2) is 6.75. The van der Waals surface area contributed by atoms with Crippen LogP contribution in [0.3, 0.4) is 0 Å². The average Bonchev–Trinajstić information content (AvgIpc) is 3.28. The number of aromatic nitrogens is 5. The number of rotatable bonds is 4. The average molecular weight is 343 g/mol. The van der Waals surface area contributed by atoms with Gasteiger partial charge in [0.15, 0.2) is 0 Å². The number of halogens is 1. The summed E-state index contributed by atoms with van der Waals surface area (Å²) in [6.45, 7) is 3.06. The zero-order valence-corrected chi connectivity index (χ0v) is 14.0. The van der Waals surface area contributed by atoms with Crippen LogP contribution in [0.4, 0.5) is 0 Å². The van der Waals surface area contributed by atoms with Crippen LogP contribution in [0.1, 0.15) is 24.4 Å². The van der Waals surface area contributed by atoms with Crippen LogP contribution in [0.2, 0.25) is 5.02 Å². The molecule has 0 N–H and O–H groups in total. The number of nitrogens with zero attached hydrogens (tertiary/aromatic N) is 6. The largest absolute Gasteiger partial charge is 0.299 e. The van der Waals surface area contributed by atoms with Crippen molar-refractivity contribution >= 4 is 11.6 Å². The van der Waals surface area contributed by atoms with Gasteiger partial charge in [0.05, 0.1) is 17.9 Å². The molecule has 0 atom stereocenters. The predicted octanol–water partition coefficient (Wildman–Crippen LogP) is 2.95. The maximum absolute atomic E-state index is 5.94. The fraction of sp³-hybridized carbons (Fsp3) is 0.353. The van der Waals surface area contributed by atoms with E-state index in [1.165, 1.54) is 5.56 Å². The van der Waals surface area contributed by atoms with Crippen LogP contribution in [0.25, 0.3) is 5.69 Å². The molecule has 0 unspecified atom stereocenters. The molecular weight excluding hydrogens is 324 g/mol. The first-order valence-corrected chi connectivity index (χ1v) is 8.52. The Morgan fingerprint density at radius 1 is 1.08 bits per heavy atom. The molecule has 3 aromatic rings. The summed E-state index contributed by atoms with van der Waals surface area (Å²) >= 11 is 5.94. The Bertz CT molecular complexity index is 772. The minimum Gasteiger partial charge on any atom is -0.299 e. The summed E-state index contributed by atoms with van der Waals surface area (Å²) in [5.74, 6) is 0. The third-order valence-corrected chi connectivity index (χ3v) is 4.75. The van der Waals surface area contributed by atoms with Crippen molar-refractivity contribution in [3.05, 3.63) is 59.9 Å². The molecule has 4 rings (SSSR count). The number of piperidine rings is 1. The molecule has 2 aromatic heterocycles. The zero-order chi connectivity index (χ0) is 16.4. The normalized spacial score (nSPS) is 16.5. The highest BCUT2D eigenvalue weighted by Crippen LogP contribution is 2.22. The van der Waals surface area contributed by atoms with Gasteiger partial charge in [0.1, 0.15) is 12.7 Å². The van der Waals surface area contributed by atoms with Gasteiger partial charge in [-0.1, -0.05) is 11.6 Å². The molecule has 0 spiro atoms. The van der Waals surface area contributed by atoms with E-state index < -0.39 is 0 Å². The van der Waals surface area contributed by atoms with E-state index in [0.717, 1.165) is 43.2 Å². The quantitative estimate of drug-likeness (QED) is 0.731. The summed E-state index contributed by atoms with van der Waals surface area (Å²) < 4.78 is 3.88. The Labute approximate surface area is 145 Å². The molecule has 1 aliphatic heterocycles. The highest BCUT2D eigenvalue weighted by atomic mass is 35.5. The minimum atomic E-state index is 0.473. The van der Waals surface area contributed by atoms with E-state index >= 15 is 0 Å². The molecule has 7 heteroatoms. The summed E-state index contributed by atoms with van der Waals surface area (Å²) in [5.41, 5.74) is 2.25. The van der Waals surface area contributed by atoms with Gasteiger partial charge in [-0.15, -0.1) is 0 Å². The summed E-state index contributed by atoms with van der Waals surface area (Å²) in [6, 6.07) is 8.19. The van der Waals surface area contributed by atoms with Crippen LogP contribution in [0.5, 0.6) is 0 Å². The van der Waals surface area contributed by atoms with Gasteiger partial charge in [0, 0.05) is 36.4 Å². The third kappa shape index (κ3) is 3.34. The minimum absolute atomic E-state index is 0.473. The fourth-order valence-electron chi connectivity index (χ4n) is 3.18. The monoisotopic (exact) mass is 342 g/mol. The Morgan fingerprint density at radius 3 is 2.58 bits per heavy atom. The van der Waals surface area contributed by atoms with Crippen LogP contribution in [0, 0.1) is 0 Å². The van der Waals surface area contributed by atoms with Gasteiger partial charge in [-0.2, -0.15) is 10.2 Å². The van der Waals surface area contributed by atoms with Gasteiger partial charge in [-0.3, -0.25) is 4.90 Å². The van der Waals surface area contributed by atoms with E-state index in [9.17, 15) is 0 Å². The van der Waals surface area contributed by atoms with Gasteiger partial charge in [0.25, 0.3) is 0 Å². The van der Waals surface area contributed by atoms with Crippen molar-refractivity contribution in [1.82, 2.24) is 29.4 Å². The van der Waals surface area contributed by atoms with Crippen molar-refractivity contribution in [3.8, 4) is 5.69 Å². The lowest BCUT2D eigenvalue weighted by molar-refractivity contribution is 0.173. The molecule has 0 saturated carbocycles. The standard InChI is InChI=1S/C17H19ClN6/c18-15-1-3-16(4-2-15)23-11-14(9-20-23)10-22-7-5-17(6-8-22)24-13-19-12-21-24/h1-4,9,11-13,17H,5-8,10H2. The molecule has 3 heterocycles. The molecule has 1 aliphatic rings. The molecule has 0 radical (unpaired) electrons. The molecule has 1 saturated heterocycles. The summed E-state index contributed by atoms with van der Waals surface area (Å²) in [7, 11) is 0. The lowest BCUT2D eigenvalue weighted by Crippen LogP contribution is -2.34. The summed E-state index contributed by atoms with van der Waals surface area (Å²) in [5, 5.41) is 9.46. The maximum Gasteiger partial charge on any atom is 0.137 e. The number of benzene rings is 1. The SMILES string of the molecule is Clc1ccc(-n2cc(CN3CCC(n4cncn4)CC3)cn2)cc1. The first-order chi connectivity index (χ1) is 11.8. The maximum atomic E-state index is 5.94. The Balaban J connectivity index is 1.36. The van der Waals surface area contributed by atoms with Gasteiger partial charge in [-0.25, -0.2) is 14.3 Å². The molecule has 124 valence electrons. The molecule has 0 bridgehead atoms. The zero-order valence-electron chi connectivity index (χ0n) is 13.3. The molecule has 1 aromatic carbocycles. The Morgan fingerprint density at radius 2 is 1.88 bits per heavy atom. The second-order valence-electron chi connectivity index (χ2n) is 6.15. The molecule has 1 fully saturated rings. The third-order valence-electron chi connectivity index (χ3n) is 4.50. The highest BCUT2D eigenvalue weighted by molar-refractivity contribution is 6.30. The lowest BCUT2D eigenvalue weighted by Gasteiger charge is -2.31. The van der Waals surface area contributed by atoms with Crippen molar-refractivity contribution in [1.29, 1.82) is 0 Å². The molecule has 24 heavy (non-hydrogen) atoms. The number of hydrogen-bond acceptors (Lipinski definition) is 4. The predicted molar refractivity (Wildman–Crippen MR) is 92.1 cm³/mol. The van der Waals surface area contributed by atoms with E-state index in [2.05, 4.69) is 26.3 Å². The van der Waals surface area contributed by atoms with Crippen molar-refractivity contribution < 1.29 is 0 Å². The van der Waals surface area contributed by atoms with Crippen LogP contribution in [0.15, 0.2) is 49.3 Å². The van der Waals surface area contributed by atoms with Gasteiger partial charge in [0.2, 0.25) is 0 Å². The van der Waals surface area contributed by atoms with Crippen molar-refractivity contribution in [2.24, 2.45) is 0 Å². The Kier molecular flexibility index (Phi) is 4.32. The molecule has 6 nitrogen and oxygen atoms in total. The van der Waals surface area contributed by atoms with E-state index in [-0.39, 0.29) is 0 Å². The molecule has 0 amide bonds. The van der Waals surface area contributed by atoms with Gasteiger partial charge < -0.3 is 0 Å². The second-order valence-corrected chi connectivity index (χ2v) is 6.59. The Hall–Kier alpha value is -2.18. The van der Waals surface area contributed by atoms with Crippen molar-refractivity contribution in [2.45, 2.75) is 25.4 Å². The molecule has 0 aliphatic carbocycles.